The van der Waals surface area contributed by atoms with Crippen LogP contribution >= 0.6 is 15.9 Å². The molecule has 0 aliphatic carbocycles. The third-order valence-electron chi connectivity index (χ3n) is 7.54. The molecule has 0 fully saturated rings. The van der Waals surface area contributed by atoms with Crippen LogP contribution in [0.3, 0.4) is 0 Å². The third kappa shape index (κ3) is 9.28. The van der Waals surface area contributed by atoms with Gasteiger partial charge in [0.05, 0.1) is 10.6 Å². The number of halogens is 1. The quantitative estimate of drug-likeness (QED) is 0.147. The summed E-state index contributed by atoms with van der Waals surface area (Å²) in [6, 6.07) is 29.9. The molecule has 1 atom stereocenters. The van der Waals surface area contributed by atoms with Crippen LogP contribution in [-0.2, 0) is 32.6 Å². The minimum atomic E-state index is -4.14. The molecular weight excluding hydrogens is 650 g/mol. The number of nitrogens with zero attached hydrogens (tertiary/aromatic N) is 2. The van der Waals surface area contributed by atoms with Crippen molar-refractivity contribution in [3.05, 3.63) is 130 Å². The second kappa shape index (κ2) is 15.9. The number of benzene rings is 4. The van der Waals surface area contributed by atoms with Gasteiger partial charge >= 0.3 is 0 Å². The van der Waals surface area contributed by atoms with E-state index in [9.17, 15) is 18.0 Å². The summed E-state index contributed by atoms with van der Waals surface area (Å²) >= 11 is 3.47. The van der Waals surface area contributed by atoms with Crippen molar-refractivity contribution in [1.82, 2.24) is 10.2 Å². The number of nitrogens with one attached hydrogen (secondary N) is 1. The first-order valence-corrected chi connectivity index (χ1v) is 17.3. The maximum Gasteiger partial charge on any atom is 0.264 e. The number of aryl methyl sites for hydroxylation is 2. The number of amides is 2. The first kappa shape index (κ1) is 33.9. The topological polar surface area (TPSA) is 86.8 Å². The number of hydrogen-bond donors (Lipinski definition) is 1. The Kier molecular flexibility index (Phi) is 12.0. The molecule has 4 aromatic carbocycles. The normalized spacial score (nSPS) is 11.9. The molecule has 0 spiro atoms. The molecule has 0 saturated heterocycles. The van der Waals surface area contributed by atoms with Crippen molar-refractivity contribution in [2.75, 3.05) is 17.4 Å². The molecule has 1 unspecified atom stereocenters. The second-order valence-electron chi connectivity index (χ2n) is 11.2. The van der Waals surface area contributed by atoms with Crippen LogP contribution in [0.5, 0.6) is 0 Å². The molecule has 7 nitrogen and oxygen atoms in total. The fourth-order valence-corrected chi connectivity index (χ4v) is 6.67. The minimum absolute atomic E-state index is 0.0833. The molecule has 4 aromatic rings. The molecule has 4 rings (SSSR count). The van der Waals surface area contributed by atoms with Crippen LogP contribution in [-0.4, -0.2) is 44.3 Å². The van der Waals surface area contributed by atoms with Gasteiger partial charge in [0.25, 0.3) is 10.0 Å². The van der Waals surface area contributed by atoms with E-state index in [1.807, 2.05) is 81.4 Å². The Morgan fingerprint density at radius 2 is 1.51 bits per heavy atom. The summed E-state index contributed by atoms with van der Waals surface area (Å²) < 4.78 is 30.3. The van der Waals surface area contributed by atoms with Crippen molar-refractivity contribution < 1.29 is 18.0 Å². The zero-order valence-electron chi connectivity index (χ0n) is 25.9. The Bertz CT molecular complexity index is 1680. The molecule has 0 aliphatic rings. The highest BCUT2D eigenvalue weighted by Gasteiger charge is 2.34. The summed E-state index contributed by atoms with van der Waals surface area (Å²) in [7, 11) is -4.14. The number of carbonyl (C=O) groups is 2. The van der Waals surface area contributed by atoms with Crippen LogP contribution in [0, 0.1) is 13.8 Å². The summed E-state index contributed by atoms with van der Waals surface area (Å²) in [6.07, 6.45) is 1.99. The fraction of sp³-hybridized carbons (Fsp3) is 0.278. The summed E-state index contributed by atoms with van der Waals surface area (Å²) in [6.45, 7) is 5.93. The lowest BCUT2D eigenvalue weighted by atomic mass is 10.0. The van der Waals surface area contributed by atoms with E-state index in [4.69, 9.17) is 0 Å². The molecular formula is C36H40BrN3O4S. The summed E-state index contributed by atoms with van der Waals surface area (Å²) in [5.74, 6) is -0.761. The average Bonchev–Trinajstić information content (AvgIpc) is 3.03. The number of unbranched alkanes of at least 4 members (excludes halogenated alkanes) is 1. The van der Waals surface area contributed by atoms with Gasteiger partial charge in [-0.25, -0.2) is 8.42 Å². The van der Waals surface area contributed by atoms with E-state index in [0.717, 1.165) is 43.9 Å². The van der Waals surface area contributed by atoms with E-state index in [-0.39, 0.29) is 23.8 Å². The highest BCUT2D eigenvalue weighted by atomic mass is 79.9. The third-order valence-corrected chi connectivity index (χ3v) is 9.86. The Morgan fingerprint density at radius 3 is 2.16 bits per heavy atom. The molecule has 45 heavy (non-hydrogen) atoms. The molecule has 0 radical (unpaired) electrons. The average molecular weight is 691 g/mol. The van der Waals surface area contributed by atoms with Gasteiger partial charge in [0.1, 0.15) is 12.6 Å². The zero-order valence-corrected chi connectivity index (χ0v) is 28.4. The summed E-state index contributed by atoms with van der Waals surface area (Å²) in [5.41, 5.74) is 3.86. The lowest BCUT2D eigenvalue weighted by Crippen LogP contribution is -2.53. The highest BCUT2D eigenvalue weighted by Crippen LogP contribution is 2.26. The van der Waals surface area contributed by atoms with Gasteiger partial charge < -0.3 is 10.2 Å². The number of anilines is 1. The summed E-state index contributed by atoms with van der Waals surface area (Å²) in [5, 5.41) is 3.02. The standard InChI is InChI=1S/C36H40BrN3O4S/c1-4-5-22-38-36(42)34(24-29-11-7-6-8-12-29)39(25-30-16-18-31(37)19-17-30)35(41)26-40(32-13-9-10-28(3)23-32)45(43,44)33-20-14-27(2)15-21-33/h6-21,23,34H,4-5,22,24-26H2,1-3H3,(H,38,42). The SMILES string of the molecule is CCCCNC(=O)C(Cc1ccccc1)N(Cc1ccc(Br)cc1)C(=O)CN(c1cccc(C)c1)S(=O)(=O)c1ccc(C)cc1. The van der Waals surface area contributed by atoms with Crippen LogP contribution in [0.1, 0.15) is 42.0 Å². The van der Waals surface area contributed by atoms with Crippen molar-refractivity contribution in [1.29, 1.82) is 0 Å². The van der Waals surface area contributed by atoms with E-state index < -0.39 is 28.5 Å². The van der Waals surface area contributed by atoms with Gasteiger partial charge in [0.15, 0.2) is 0 Å². The number of carbonyl (C=O) groups excluding carboxylic acids is 2. The first-order chi connectivity index (χ1) is 21.6. The van der Waals surface area contributed by atoms with Crippen LogP contribution in [0.2, 0.25) is 0 Å². The molecule has 0 aromatic heterocycles. The van der Waals surface area contributed by atoms with Gasteiger partial charge in [-0.2, -0.15) is 0 Å². The predicted molar refractivity (Wildman–Crippen MR) is 183 cm³/mol. The Morgan fingerprint density at radius 1 is 0.822 bits per heavy atom. The number of rotatable bonds is 14. The van der Waals surface area contributed by atoms with Gasteiger partial charge in [-0.05, 0) is 73.4 Å². The van der Waals surface area contributed by atoms with E-state index in [0.29, 0.717) is 12.2 Å². The van der Waals surface area contributed by atoms with Gasteiger partial charge in [0, 0.05) is 24.0 Å². The summed E-state index contributed by atoms with van der Waals surface area (Å²) in [4.78, 5) is 29.9. The lowest BCUT2D eigenvalue weighted by molar-refractivity contribution is -0.140. The number of hydrogen-bond acceptors (Lipinski definition) is 4. The monoisotopic (exact) mass is 689 g/mol. The predicted octanol–water partition coefficient (Wildman–Crippen LogP) is 6.82. The van der Waals surface area contributed by atoms with Crippen molar-refractivity contribution in [2.24, 2.45) is 0 Å². The Hall–Kier alpha value is -3.95. The molecule has 2 amide bonds. The molecule has 0 saturated carbocycles. The van der Waals surface area contributed by atoms with Gasteiger partial charge in [0.2, 0.25) is 11.8 Å². The lowest BCUT2D eigenvalue weighted by Gasteiger charge is -2.34. The van der Waals surface area contributed by atoms with Crippen molar-refractivity contribution in [3.8, 4) is 0 Å². The van der Waals surface area contributed by atoms with Crippen molar-refractivity contribution >= 4 is 43.5 Å². The van der Waals surface area contributed by atoms with Gasteiger partial charge in [-0.15, -0.1) is 0 Å². The van der Waals surface area contributed by atoms with Crippen molar-refractivity contribution in [2.45, 2.75) is 57.5 Å². The second-order valence-corrected chi connectivity index (χ2v) is 13.9. The highest BCUT2D eigenvalue weighted by molar-refractivity contribution is 9.10. The van der Waals surface area contributed by atoms with E-state index in [1.165, 1.54) is 4.90 Å². The Balaban J connectivity index is 1.78. The molecule has 1 N–H and O–H groups in total. The molecule has 0 bridgehead atoms. The van der Waals surface area contributed by atoms with Crippen molar-refractivity contribution in [3.63, 3.8) is 0 Å². The first-order valence-electron chi connectivity index (χ1n) is 15.1. The Labute approximate surface area is 275 Å². The maximum atomic E-state index is 14.5. The van der Waals surface area contributed by atoms with E-state index in [2.05, 4.69) is 21.2 Å². The van der Waals surface area contributed by atoms with Gasteiger partial charge in [-0.3, -0.25) is 13.9 Å². The largest absolute Gasteiger partial charge is 0.354 e. The van der Waals surface area contributed by atoms with Crippen LogP contribution in [0.15, 0.2) is 112 Å². The number of sulfonamides is 1. The van der Waals surface area contributed by atoms with Crippen LogP contribution in [0.4, 0.5) is 5.69 Å². The van der Waals surface area contributed by atoms with E-state index in [1.54, 1.807) is 42.5 Å². The fourth-order valence-electron chi connectivity index (χ4n) is 5.00. The molecule has 9 heteroatoms. The maximum absolute atomic E-state index is 14.5. The van der Waals surface area contributed by atoms with Crippen LogP contribution in [0.25, 0.3) is 0 Å². The zero-order chi connectivity index (χ0) is 32.4. The smallest absolute Gasteiger partial charge is 0.264 e. The van der Waals surface area contributed by atoms with Gasteiger partial charge in [-0.1, -0.05) is 102 Å². The van der Waals surface area contributed by atoms with Crippen LogP contribution < -0.4 is 9.62 Å². The minimum Gasteiger partial charge on any atom is -0.354 e. The molecule has 236 valence electrons. The molecule has 0 heterocycles. The molecule has 0 aliphatic heterocycles. The van der Waals surface area contributed by atoms with E-state index >= 15 is 0 Å².